The van der Waals surface area contributed by atoms with Crippen molar-refractivity contribution < 1.29 is 4.74 Å². The molecule has 0 radical (unpaired) electrons. The zero-order valence-electron chi connectivity index (χ0n) is 8.50. The minimum absolute atomic E-state index is 0.778. The van der Waals surface area contributed by atoms with Gasteiger partial charge in [-0.05, 0) is 24.3 Å². The van der Waals surface area contributed by atoms with Gasteiger partial charge in [0.05, 0.1) is 14.3 Å². The van der Waals surface area contributed by atoms with Gasteiger partial charge >= 0.3 is 0 Å². The number of hydrogen-bond acceptors (Lipinski definition) is 2. The highest BCUT2D eigenvalue weighted by Crippen LogP contribution is 2.14. The molecule has 0 bridgehead atoms. The molecule has 0 amide bonds. The Balaban J connectivity index is 2.51. The van der Waals surface area contributed by atoms with E-state index < -0.39 is 8.07 Å². The van der Waals surface area contributed by atoms with Gasteiger partial charge in [-0.1, -0.05) is 19.6 Å². The molecule has 72 valence electrons. The largest absolute Gasteiger partial charge is 0.497 e. The number of rotatable bonds is 3. The van der Waals surface area contributed by atoms with Crippen molar-refractivity contribution in [3.63, 3.8) is 0 Å². The first-order chi connectivity index (χ1) is 5.97. The van der Waals surface area contributed by atoms with Gasteiger partial charge in [0.1, 0.15) is 5.75 Å². The van der Waals surface area contributed by atoms with Gasteiger partial charge in [-0.2, -0.15) is 0 Å². The highest BCUT2D eigenvalue weighted by molar-refractivity contribution is 6.76. The van der Waals surface area contributed by atoms with E-state index in [2.05, 4.69) is 19.6 Å². The Kier molecular flexibility index (Phi) is 2.98. The summed E-state index contributed by atoms with van der Waals surface area (Å²) in [5.41, 5.74) is 6.34. The molecule has 0 aliphatic carbocycles. The van der Waals surface area contributed by atoms with Crippen molar-refractivity contribution in [2.24, 2.45) is 0 Å². The molecular weight excluding hydrogens is 178 g/mol. The Labute approximate surface area is 80.7 Å². The molecule has 1 aromatic rings. The molecule has 13 heavy (non-hydrogen) atoms. The Hall–Kier alpha value is -0.963. The number of nitrogens with two attached hydrogens (primary N) is 1. The molecule has 0 aromatic heterocycles. The maximum absolute atomic E-state index is 5.63. The lowest BCUT2D eigenvalue weighted by Crippen LogP contribution is -2.29. The molecular formula is C10H17NOSi. The molecule has 0 aliphatic rings. The van der Waals surface area contributed by atoms with E-state index in [-0.39, 0.29) is 0 Å². The summed E-state index contributed by atoms with van der Waals surface area (Å²) in [6.07, 6.45) is 0.858. The van der Waals surface area contributed by atoms with Crippen molar-refractivity contribution >= 4 is 13.8 Å². The minimum Gasteiger partial charge on any atom is -0.497 e. The van der Waals surface area contributed by atoms with Crippen LogP contribution in [0.4, 0.5) is 5.69 Å². The summed E-state index contributed by atoms with van der Waals surface area (Å²) in [6.45, 7) is 6.85. The molecule has 1 aromatic carbocycles. The van der Waals surface area contributed by atoms with Crippen LogP contribution in [0.25, 0.3) is 0 Å². The van der Waals surface area contributed by atoms with Crippen molar-refractivity contribution in [3.05, 3.63) is 24.3 Å². The molecule has 0 aliphatic heterocycles. The van der Waals surface area contributed by atoms with Crippen LogP contribution in [0.5, 0.6) is 5.75 Å². The summed E-state index contributed by atoms with van der Waals surface area (Å²) in [5, 5.41) is 0. The highest BCUT2D eigenvalue weighted by Gasteiger charge is 2.13. The number of ether oxygens (including phenoxy) is 1. The van der Waals surface area contributed by atoms with Gasteiger partial charge in [0.2, 0.25) is 0 Å². The molecule has 0 saturated heterocycles. The fourth-order valence-electron chi connectivity index (χ4n) is 0.864. The Morgan fingerprint density at radius 2 is 1.69 bits per heavy atom. The summed E-state index contributed by atoms with van der Waals surface area (Å²) >= 11 is 0. The Bertz CT molecular complexity index is 263. The summed E-state index contributed by atoms with van der Waals surface area (Å²) < 4.78 is 5.63. The molecule has 0 unspecified atom stereocenters. The zero-order valence-corrected chi connectivity index (χ0v) is 9.50. The average molecular weight is 195 g/mol. The monoisotopic (exact) mass is 195 g/mol. The fraction of sp³-hybridized carbons (Fsp3) is 0.400. The van der Waals surface area contributed by atoms with E-state index in [1.165, 1.54) is 0 Å². The van der Waals surface area contributed by atoms with Crippen molar-refractivity contribution in [1.29, 1.82) is 0 Å². The van der Waals surface area contributed by atoms with E-state index in [4.69, 9.17) is 10.5 Å². The Morgan fingerprint density at radius 3 is 2.15 bits per heavy atom. The number of anilines is 1. The van der Waals surface area contributed by atoms with Gasteiger partial charge in [0.25, 0.3) is 0 Å². The molecule has 0 heterocycles. The smallest absolute Gasteiger partial charge is 0.118 e. The van der Waals surface area contributed by atoms with E-state index in [1.54, 1.807) is 0 Å². The highest BCUT2D eigenvalue weighted by atomic mass is 28.3. The van der Waals surface area contributed by atoms with Crippen LogP contribution in [0.15, 0.2) is 24.3 Å². The lowest BCUT2D eigenvalue weighted by Gasteiger charge is -2.16. The first-order valence-electron chi connectivity index (χ1n) is 4.46. The second kappa shape index (κ2) is 3.83. The molecule has 0 spiro atoms. The van der Waals surface area contributed by atoms with E-state index >= 15 is 0 Å². The standard InChI is InChI=1S/C10H17NOSi/c1-13(2,3)8-12-10-6-4-9(11)5-7-10/h4-7H,8,11H2,1-3H3. The van der Waals surface area contributed by atoms with Crippen LogP contribution in [0.1, 0.15) is 0 Å². The van der Waals surface area contributed by atoms with Crippen molar-refractivity contribution in [2.45, 2.75) is 19.6 Å². The number of hydrogen-bond donors (Lipinski definition) is 1. The third-order valence-corrected chi connectivity index (χ3v) is 2.56. The lowest BCUT2D eigenvalue weighted by molar-refractivity contribution is 0.378. The zero-order chi connectivity index (χ0) is 9.90. The van der Waals surface area contributed by atoms with Gasteiger partial charge < -0.3 is 10.5 Å². The van der Waals surface area contributed by atoms with Crippen molar-refractivity contribution in [3.8, 4) is 5.75 Å². The summed E-state index contributed by atoms with van der Waals surface area (Å²) in [7, 11) is -1.11. The topological polar surface area (TPSA) is 35.2 Å². The number of nitrogen functional groups attached to an aromatic ring is 1. The summed E-state index contributed by atoms with van der Waals surface area (Å²) in [6, 6.07) is 7.55. The predicted molar refractivity (Wildman–Crippen MR) is 59.7 cm³/mol. The molecule has 0 fully saturated rings. The van der Waals surface area contributed by atoms with Gasteiger partial charge in [0.15, 0.2) is 0 Å². The average Bonchev–Trinajstić information content (AvgIpc) is 2.02. The Morgan fingerprint density at radius 1 is 1.15 bits per heavy atom. The van der Waals surface area contributed by atoms with Crippen LogP contribution in [0, 0.1) is 0 Å². The molecule has 1 rings (SSSR count). The van der Waals surface area contributed by atoms with E-state index in [1.807, 2.05) is 24.3 Å². The van der Waals surface area contributed by atoms with E-state index in [0.717, 1.165) is 17.7 Å². The number of benzene rings is 1. The minimum atomic E-state index is -1.11. The molecule has 0 atom stereocenters. The quantitative estimate of drug-likeness (QED) is 0.594. The third kappa shape index (κ3) is 3.99. The van der Waals surface area contributed by atoms with Crippen LogP contribution >= 0.6 is 0 Å². The van der Waals surface area contributed by atoms with Gasteiger partial charge in [-0.3, -0.25) is 0 Å². The SMILES string of the molecule is C[Si](C)(C)COc1ccc(N)cc1. The van der Waals surface area contributed by atoms with Crippen LogP contribution in [0.3, 0.4) is 0 Å². The molecule has 3 heteroatoms. The maximum atomic E-state index is 5.63. The van der Waals surface area contributed by atoms with E-state index in [9.17, 15) is 0 Å². The van der Waals surface area contributed by atoms with Gasteiger partial charge in [-0.25, -0.2) is 0 Å². The van der Waals surface area contributed by atoms with Crippen LogP contribution < -0.4 is 10.5 Å². The normalized spacial score (nSPS) is 11.3. The van der Waals surface area contributed by atoms with Gasteiger partial charge in [0, 0.05) is 5.69 Å². The first kappa shape index (κ1) is 10.1. The fourth-order valence-corrected chi connectivity index (χ4v) is 1.46. The van der Waals surface area contributed by atoms with Crippen LogP contribution in [0.2, 0.25) is 19.6 Å². The third-order valence-electron chi connectivity index (χ3n) is 1.55. The van der Waals surface area contributed by atoms with Crippen molar-refractivity contribution in [2.75, 3.05) is 12.0 Å². The molecule has 0 saturated carbocycles. The predicted octanol–water partition coefficient (Wildman–Crippen LogP) is 2.53. The van der Waals surface area contributed by atoms with Crippen LogP contribution in [-0.2, 0) is 0 Å². The van der Waals surface area contributed by atoms with Crippen LogP contribution in [-0.4, -0.2) is 14.3 Å². The second-order valence-electron chi connectivity index (χ2n) is 4.42. The first-order valence-corrected chi connectivity index (χ1v) is 8.16. The second-order valence-corrected chi connectivity index (χ2v) is 9.83. The maximum Gasteiger partial charge on any atom is 0.118 e. The van der Waals surface area contributed by atoms with Crippen molar-refractivity contribution in [1.82, 2.24) is 0 Å². The van der Waals surface area contributed by atoms with E-state index in [0.29, 0.717) is 0 Å². The molecule has 2 N–H and O–H groups in total. The lowest BCUT2D eigenvalue weighted by atomic mass is 10.3. The van der Waals surface area contributed by atoms with Gasteiger partial charge in [-0.15, -0.1) is 0 Å². The summed E-state index contributed by atoms with van der Waals surface area (Å²) in [4.78, 5) is 0. The summed E-state index contributed by atoms with van der Waals surface area (Å²) in [5.74, 6) is 0.914. The molecule has 2 nitrogen and oxygen atoms in total.